The minimum Gasteiger partial charge on any atom is -0.768 e. The summed E-state index contributed by atoms with van der Waals surface area (Å²) >= 11 is -2.20. The molecule has 1 aromatic carbocycles. The molecule has 1 unspecified atom stereocenters. The molecule has 0 radical (unpaired) electrons. The fourth-order valence-corrected chi connectivity index (χ4v) is 1.50. The van der Waals surface area contributed by atoms with Gasteiger partial charge in [-0.05, 0) is 23.2 Å². The maximum atomic E-state index is 10.6. The van der Waals surface area contributed by atoms with Gasteiger partial charge in [-0.15, -0.1) is 0 Å². The van der Waals surface area contributed by atoms with Crippen LogP contribution in [0.4, 0.5) is 0 Å². The third-order valence-corrected chi connectivity index (χ3v) is 2.37. The van der Waals surface area contributed by atoms with Crippen LogP contribution in [0, 0.1) is 0 Å². The fraction of sp³-hybridized carbons (Fsp3) is 0. The van der Waals surface area contributed by atoms with Crippen LogP contribution < -0.4 is 0 Å². The van der Waals surface area contributed by atoms with Crippen molar-refractivity contribution in [2.45, 2.75) is 4.90 Å². The molecule has 13 heavy (non-hydrogen) atoms. The average molecular weight is 192 g/mol. The number of para-hydroxylation sites is 1. The first-order valence-electron chi connectivity index (χ1n) is 3.71. The van der Waals surface area contributed by atoms with E-state index in [4.69, 9.17) is 0 Å². The number of aromatic nitrogens is 1. The van der Waals surface area contributed by atoms with Gasteiger partial charge in [-0.2, -0.15) is 0 Å². The van der Waals surface area contributed by atoms with Crippen molar-refractivity contribution in [3.05, 3.63) is 36.5 Å². The summed E-state index contributed by atoms with van der Waals surface area (Å²) in [4.78, 5) is 4.23. The van der Waals surface area contributed by atoms with Crippen LogP contribution >= 0.6 is 0 Å². The lowest BCUT2D eigenvalue weighted by molar-refractivity contribution is 0.537. The van der Waals surface area contributed by atoms with Crippen molar-refractivity contribution in [3.8, 4) is 0 Å². The maximum absolute atomic E-state index is 10.6. The van der Waals surface area contributed by atoms with Gasteiger partial charge in [-0.1, -0.05) is 18.2 Å². The summed E-state index contributed by atoms with van der Waals surface area (Å²) in [5.41, 5.74) is 0.803. The Balaban J connectivity index is 2.69. The third-order valence-electron chi connectivity index (χ3n) is 1.76. The zero-order valence-corrected chi connectivity index (χ0v) is 7.45. The monoisotopic (exact) mass is 192 g/mol. The third kappa shape index (κ3) is 1.59. The molecule has 0 amide bonds. The number of benzene rings is 1. The summed E-state index contributed by atoms with van der Waals surface area (Å²) in [7, 11) is 0. The molecular formula is C9H6NO2S-. The number of hydrogen-bond donors (Lipinski definition) is 0. The molecule has 0 aliphatic heterocycles. The van der Waals surface area contributed by atoms with E-state index in [0.29, 0.717) is 0 Å². The zero-order valence-electron chi connectivity index (χ0n) is 6.64. The molecule has 3 nitrogen and oxygen atoms in total. The second kappa shape index (κ2) is 3.24. The second-order valence-corrected chi connectivity index (χ2v) is 3.54. The van der Waals surface area contributed by atoms with Crippen molar-refractivity contribution in [1.82, 2.24) is 4.98 Å². The number of fused-ring (bicyclic) bond motifs is 1. The summed E-state index contributed by atoms with van der Waals surface area (Å²) in [5.74, 6) is 0. The molecule has 1 aromatic heterocycles. The van der Waals surface area contributed by atoms with Crippen molar-refractivity contribution >= 4 is 22.0 Å². The van der Waals surface area contributed by atoms with Crippen LogP contribution in [-0.2, 0) is 11.1 Å². The van der Waals surface area contributed by atoms with Gasteiger partial charge in [0, 0.05) is 16.5 Å². The maximum Gasteiger partial charge on any atom is 0.0702 e. The van der Waals surface area contributed by atoms with Crippen molar-refractivity contribution in [2.75, 3.05) is 0 Å². The molecule has 0 aliphatic rings. The van der Waals surface area contributed by atoms with Gasteiger partial charge in [-0.25, -0.2) is 0 Å². The molecule has 1 heterocycles. The highest BCUT2D eigenvalue weighted by Crippen LogP contribution is 2.13. The largest absolute Gasteiger partial charge is 0.768 e. The van der Waals surface area contributed by atoms with E-state index in [1.165, 1.54) is 6.20 Å². The Kier molecular flexibility index (Phi) is 2.08. The highest BCUT2D eigenvalue weighted by atomic mass is 32.2. The van der Waals surface area contributed by atoms with Gasteiger partial charge < -0.3 is 4.55 Å². The van der Waals surface area contributed by atoms with Crippen LogP contribution in [0.5, 0.6) is 0 Å². The standard InChI is InChI=1S/C9H7NO2S/c11-13(12)8-5-7-3-1-2-4-9(7)10-6-8/h1-6H,(H,11,12)/p-1. The Morgan fingerprint density at radius 1 is 1.31 bits per heavy atom. The van der Waals surface area contributed by atoms with Gasteiger partial charge in [0.15, 0.2) is 0 Å². The first-order chi connectivity index (χ1) is 6.27. The predicted molar refractivity (Wildman–Crippen MR) is 48.9 cm³/mol. The molecule has 0 fully saturated rings. The predicted octanol–water partition coefficient (Wildman–Crippen LogP) is 1.47. The van der Waals surface area contributed by atoms with Gasteiger partial charge in [-0.3, -0.25) is 9.19 Å². The normalized spacial score (nSPS) is 13.0. The van der Waals surface area contributed by atoms with E-state index in [-0.39, 0.29) is 4.90 Å². The SMILES string of the molecule is O=S([O-])c1cnc2ccccc2c1. The summed E-state index contributed by atoms with van der Waals surface area (Å²) in [6.07, 6.45) is 1.35. The Labute approximate surface area is 77.7 Å². The molecule has 0 aliphatic carbocycles. The lowest BCUT2D eigenvalue weighted by Gasteiger charge is -2.04. The number of hydrogen-bond acceptors (Lipinski definition) is 3. The highest BCUT2D eigenvalue weighted by Gasteiger charge is 1.96. The Hall–Kier alpha value is -1.26. The van der Waals surface area contributed by atoms with E-state index in [2.05, 4.69) is 4.98 Å². The summed E-state index contributed by atoms with van der Waals surface area (Å²) in [6.45, 7) is 0. The molecule has 0 saturated carbocycles. The topological polar surface area (TPSA) is 53.0 Å². The van der Waals surface area contributed by atoms with E-state index in [0.717, 1.165) is 10.9 Å². The van der Waals surface area contributed by atoms with Crippen LogP contribution in [0.15, 0.2) is 41.4 Å². The van der Waals surface area contributed by atoms with Crippen LogP contribution in [0.25, 0.3) is 10.9 Å². The summed E-state index contributed by atoms with van der Waals surface area (Å²) < 4.78 is 21.2. The van der Waals surface area contributed by atoms with E-state index < -0.39 is 11.1 Å². The Morgan fingerprint density at radius 2 is 2.08 bits per heavy atom. The van der Waals surface area contributed by atoms with E-state index >= 15 is 0 Å². The van der Waals surface area contributed by atoms with Crippen molar-refractivity contribution in [2.24, 2.45) is 0 Å². The van der Waals surface area contributed by atoms with Gasteiger partial charge in [0.05, 0.1) is 5.52 Å². The molecule has 2 rings (SSSR count). The van der Waals surface area contributed by atoms with Crippen molar-refractivity contribution in [1.29, 1.82) is 0 Å². The minimum atomic E-state index is -2.20. The van der Waals surface area contributed by atoms with Gasteiger partial charge in [0.1, 0.15) is 0 Å². The van der Waals surface area contributed by atoms with E-state index in [1.807, 2.05) is 24.3 Å². The molecule has 1 atom stereocenters. The molecule has 0 spiro atoms. The molecule has 4 heteroatoms. The quantitative estimate of drug-likeness (QED) is 0.643. The zero-order chi connectivity index (χ0) is 9.26. The van der Waals surface area contributed by atoms with Gasteiger partial charge >= 0.3 is 0 Å². The van der Waals surface area contributed by atoms with Crippen molar-refractivity contribution < 1.29 is 8.76 Å². The summed E-state index contributed by atoms with van der Waals surface area (Å²) in [6, 6.07) is 8.99. The average Bonchev–Trinajstić information content (AvgIpc) is 2.17. The van der Waals surface area contributed by atoms with Crippen LogP contribution in [-0.4, -0.2) is 13.7 Å². The number of nitrogens with zero attached hydrogens (tertiary/aromatic N) is 1. The molecule has 0 N–H and O–H groups in total. The Morgan fingerprint density at radius 3 is 2.85 bits per heavy atom. The lowest BCUT2D eigenvalue weighted by atomic mass is 10.2. The first kappa shape index (κ1) is 8.34. The fourth-order valence-electron chi connectivity index (χ4n) is 1.14. The lowest BCUT2D eigenvalue weighted by Crippen LogP contribution is -1.90. The number of rotatable bonds is 1. The van der Waals surface area contributed by atoms with Gasteiger partial charge in [0.25, 0.3) is 0 Å². The number of pyridine rings is 1. The molecular weight excluding hydrogens is 186 g/mol. The smallest absolute Gasteiger partial charge is 0.0702 e. The Bertz CT molecular complexity index is 470. The van der Waals surface area contributed by atoms with Crippen LogP contribution in [0.1, 0.15) is 0 Å². The van der Waals surface area contributed by atoms with Crippen LogP contribution in [0.3, 0.4) is 0 Å². The molecule has 0 saturated heterocycles. The molecule has 66 valence electrons. The highest BCUT2D eigenvalue weighted by molar-refractivity contribution is 7.79. The van der Waals surface area contributed by atoms with Gasteiger partial charge in [0.2, 0.25) is 0 Å². The second-order valence-electron chi connectivity index (χ2n) is 2.60. The summed E-state index contributed by atoms with van der Waals surface area (Å²) in [5, 5.41) is 0.837. The van der Waals surface area contributed by atoms with E-state index in [1.54, 1.807) is 6.07 Å². The minimum absolute atomic E-state index is 0.221. The first-order valence-corrected chi connectivity index (χ1v) is 4.79. The molecule has 2 aromatic rings. The van der Waals surface area contributed by atoms with Crippen LogP contribution in [0.2, 0.25) is 0 Å². The van der Waals surface area contributed by atoms with Crippen molar-refractivity contribution in [3.63, 3.8) is 0 Å². The molecule has 0 bridgehead atoms. The van der Waals surface area contributed by atoms with E-state index in [9.17, 15) is 8.76 Å².